The molecule has 1 aliphatic rings. The summed E-state index contributed by atoms with van der Waals surface area (Å²) in [5.74, 6) is 1.90. The molecule has 3 heterocycles. The van der Waals surface area contributed by atoms with Crippen molar-refractivity contribution < 1.29 is 11.4 Å². The average Bonchev–Trinajstić information content (AvgIpc) is 2.98. The van der Waals surface area contributed by atoms with Crippen molar-refractivity contribution in [2.24, 2.45) is 0 Å². The second-order valence-electron chi connectivity index (χ2n) is 9.29. The van der Waals surface area contributed by atoms with E-state index in [9.17, 15) is 0 Å². The highest BCUT2D eigenvalue weighted by molar-refractivity contribution is 6.40. The zero-order valence-electron chi connectivity index (χ0n) is 20.7. The van der Waals surface area contributed by atoms with Gasteiger partial charge in [0, 0.05) is 28.6 Å². The summed E-state index contributed by atoms with van der Waals surface area (Å²) in [6.45, 7) is 0. The first-order chi connectivity index (χ1) is 19.2. The van der Waals surface area contributed by atoms with E-state index in [0.29, 0.717) is 29.2 Å². The monoisotopic (exact) mass is 521 g/mol. The first-order valence-electron chi connectivity index (χ1n) is 12.6. The van der Waals surface area contributed by atoms with Crippen LogP contribution in [0.25, 0.3) is 32.9 Å². The molecule has 7 heteroatoms. The Morgan fingerprint density at radius 1 is 0.641 bits per heavy atom. The summed E-state index contributed by atoms with van der Waals surface area (Å²) >= 11 is -2.84. The lowest BCUT2D eigenvalue weighted by molar-refractivity contribution is 0.310. The first-order valence-corrected chi connectivity index (χ1v) is 14.0. The lowest BCUT2D eigenvalue weighted by Gasteiger charge is -2.19. The van der Waals surface area contributed by atoms with E-state index >= 15 is 0 Å². The van der Waals surface area contributed by atoms with Crippen molar-refractivity contribution in [1.82, 2.24) is 9.97 Å². The molecule has 1 aliphatic heterocycles. The number of para-hydroxylation sites is 2. The van der Waals surface area contributed by atoms with Gasteiger partial charge < -0.3 is 11.4 Å². The van der Waals surface area contributed by atoms with Crippen LogP contribution in [0.1, 0.15) is 17.0 Å². The summed E-state index contributed by atoms with van der Waals surface area (Å²) in [5.41, 5.74) is 6.05. The van der Waals surface area contributed by atoms with Gasteiger partial charge in [-0.1, -0.05) is 60.7 Å². The smallest absolute Gasteiger partial charge is 0.577 e. The molecule has 0 unspecified atom stereocenters. The van der Waals surface area contributed by atoms with Crippen molar-refractivity contribution >= 4 is 37.0 Å². The molecule has 0 saturated carbocycles. The van der Waals surface area contributed by atoms with Crippen molar-refractivity contribution in [2.45, 2.75) is 6.42 Å². The minimum Gasteiger partial charge on any atom is -0.577 e. The van der Waals surface area contributed by atoms with Crippen LogP contribution in [0.4, 0.5) is 0 Å². The second kappa shape index (κ2) is 9.78. The highest BCUT2D eigenvalue weighted by Crippen LogP contribution is 2.30. The fourth-order valence-corrected chi connectivity index (χ4v) is 6.07. The Bertz CT molecular complexity index is 1800. The molecule has 0 saturated heterocycles. The third-order valence-corrected chi connectivity index (χ3v) is 8.08. The van der Waals surface area contributed by atoms with Gasteiger partial charge in [-0.2, -0.15) is 5.26 Å². The maximum Gasteiger partial charge on any atom is 1.20 e. The largest absolute Gasteiger partial charge is 1.20 e. The van der Waals surface area contributed by atoms with E-state index in [-0.39, 0.29) is 0 Å². The number of rotatable bonds is 3. The Hall–Kier alpha value is -4.88. The normalized spacial score (nSPS) is 12.3. The van der Waals surface area contributed by atoms with E-state index in [1.54, 1.807) is 0 Å². The van der Waals surface area contributed by atoms with Gasteiger partial charge in [0.25, 0.3) is 0 Å². The van der Waals surface area contributed by atoms with Crippen molar-refractivity contribution in [1.29, 1.82) is 5.26 Å². The summed E-state index contributed by atoms with van der Waals surface area (Å²) < 4.78 is 19.3. The van der Waals surface area contributed by atoms with Crippen LogP contribution < -0.4 is 11.4 Å². The van der Waals surface area contributed by atoms with Crippen molar-refractivity contribution in [3.05, 3.63) is 126 Å². The molecule has 0 spiro atoms. The Morgan fingerprint density at radius 3 is 1.72 bits per heavy atom. The summed E-state index contributed by atoms with van der Waals surface area (Å²) in [5, 5.41) is 11.0. The van der Waals surface area contributed by atoms with Gasteiger partial charge in [-0.05, 0) is 59.7 Å². The number of pyridine rings is 2. The SMILES string of the molecule is N#Cc1ccc(-c2ccc([O][Al]3[O]c4cccc5ccc(nc45)Cc4ccc5cccc(c5n4)[O]3)cc2)cc1. The highest BCUT2D eigenvalue weighted by Gasteiger charge is 2.45. The average molecular weight is 522 g/mol. The zero-order valence-corrected chi connectivity index (χ0v) is 21.9. The Morgan fingerprint density at radius 2 is 1.18 bits per heavy atom. The molecule has 184 valence electrons. The molecule has 2 aromatic heterocycles. The fourth-order valence-electron chi connectivity index (χ4n) is 4.75. The van der Waals surface area contributed by atoms with Gasteiger partial charge in [0.1, 0.15) is 22.5 Å². The van der Waals surface area contributed by atoms with Crippen LogP contribution in [0.5, 0.6) is 17.2 Å². The van der Waals surface area contributed by atoms with E-state index in [0.717, 1.165) is 44.3 Å². The van der Waals surface area contributed by atoms with Crippen molar-refractivity contribution in [3.8, 4) is 34.4 Å². The zero-order chi connectivity index (χ0) is 26.2. The molecule has 0 aliphatic carbocycles. The van der Waals surface area contributed by atoms with Crippen LogP contribution in [0, 0.1) is 11.3 Å². The summed E-state index contributed by atoms with van der Waals surface area (Å²) in [4.78, 5) is 9.83. The van der Waals surface area contributed by atoms with Gasteiger partial charge in [0.05, 0.1) is 17.4 Å². The molecule has 0 amide bonds. The van der Waals surface area contributed by atoms with Crippen LogP contribution in [0.3, 0.4) is 0 Å². The number of fused-ring (bicyclic) bond motifs is 2. The molecule has 7 rings (SSSR count). The van der Waals surface area contributed by atoms with Crippen LogP contribution in [-0.2, 0) is 6.42 Å². The van der Waals surface area contributed by atoms with E-state index in [4.69, 9.17) is 26.6 Å². The van der Waals surface area contributed by atoms with Gasteiger partial charge in [-0.25, -0.2) is 9.97 Å². The van der Waals surface area contributed by atoms with Gasteiger partial charge in [-0.3, -0.25) is 0 Å². The molecular weight excluding hydrogens is 501 g/mol. The molecule has 0 N–H and O–H groups in total. The molecule has 0 fully saturated rings. The Kier molecular flexibility index (Phi) is 5.83. The minimum absolute atomic E-state index is 0.609. The maximum atomic E-state index is 9.07. The lowest BCUT2D eigenvalue weighted by atomic mass is 10.0. The van der Waals surface area contributed by atoms with Crippen LogP contribution in [0.2, 0.25) is 0 Å². The lowest BCUT2D eigenvalue weighted by Crippen LogP contribution is -2.37. The Balaban J connectivity index is 1.27. The number of aromatic nitrogens is 2. The molecule has 6 nitrogen and oxygen atoms in total. The summed E-state index contributed by atoms with van der Waals surface area (Å²) in [6.07, 6.45) is 0.609. The third-order valence-electron chi connectivity index (χ3n) is 6.72. The molecule has 39 heavy (non-hydrogen) atoms. The number of benzene rings is 4. The highest BCUT2D eigenvalue weighted by atomic mass is 27.3. The third kappa shape index (κ3) is 4.64. The number of nitrogens with zero attached hydrogens (tertiary/aromatic N) is 3. The second-order valence-corrected chi connectivity index (χ2v) is 10.6. The molecule has 0 radical (unpaired) electrons. The van der Waals surface area contributed by atoms with Crippen molar-refractivity contribution in [2.75, 3.05) is 0 Å². The van der Waals surface area contributed by atoms with Gasteiger partial charge >= 0.3 is 15.1 Å². The maximum absolute atomic E-state index is 9.07. The quantitative estimate of drug-likeness (QED) is 0.240. The molecular formula is C32H20AlN3O3. The first kappa shape index (κ1) is 23.3. The molecule has 4 aromatic carbocycles. The molecule has 6 aromatic rings. The number of nitriles is 1. The topological polar surface area (TPSA) is 77.3 Å². The standard InChI is InChI=1S/C19H14N2O2.C13H9NO.Al/c22-16-5-1-3-12-7-9-14(20-18(12)16)11-15-10-8-13-4-2-6-17(23)19(13)21-15;14-9-10-1-3-11(4-2-10)12-5-7-13(15)8-6-12;/h1-10,22-23H,11H2;1-8,15H;/q;;+3/p-3. The summed E-state index contributed by atoms with van der Waals surface area (Å²) in [6, 6.07) is 37.4. The number of hydrogen-bond donors (Lipinski definition) is 0. The van der Waals surface area contributed by atoms with Gasteiger partial charge in [0.2, 0.25) is 0 Å². The predicted molar refractivity (Wildman–Crippen MR) is 151 cm³/mol. The van der Waals surface area contributed by atoms with E-state index in [2.05, 4.69) is 18.2 Å². The van der Waals surface area contributed by atoms with Gasteiger partial charge in [-0.15, -0.1) is 0 Å². The van der Waals surface area contributed by atoms with E-state index < -0.39 is 15.1 Å². The van der Waals surface area contributed by atoms with Crippen LogP contribution in [-0.4, -0.2) is 25.1 Å². The summed E-state index contributed by atoms with van der Waals surface area (Å²) in [7, 11) is 0. The van der Waals surface area contributed by atoms with Crippen LogP contribution in [0.15, 0.2) is 109 Å². The molecule has 4 bridgehead atoms. The number of hydrogen-bond acceptors (Lipinski definition) is 6. The van der Waals surface area contributed by atoms with E-state index in [1.165, 1.54) is 0 Å². The Labute approximate surface area is 230 Å². The minimum atomic E-state index is -2.84. The predicted octanol–water partition coefficient (Wildman–Crippen LogP) is 6.75. The molecule has 0 atom stereocenters. The fraction of sp³-hybridized carbons (Fsp3) is 0.0312. The van der Waals surface area contributed by atoms with E-state index in [1.807, 2.05) is 97.1 Å². The van der Waals surface area contributed by atoms with Gasteiger partial charge in [0.15, 0.2) is 0 Å². The van der Waals surface area contributed by atoms with Crippen molar-refractivity contribution in [3.63, 3.8) is 0 Å². The van der Waals surface area contributed by atoms with Crippen LogP contribution >= 0.6 is 0 Å².